The molecule has 0 spiro atoms. The number of thioether (sulfide) groups is 1. The Morgan fingerprint density at radius 2 is 2.00 bits per heavy atom. The van der Waals surface area contributed by atoms with Crippen LogP contribution in [0.25, 0.3) is 0 Å². The molecule has 0 aliphatic rings. The van der Waals surface area contributed by atoms with Gasteiger partial charge in [0.2, 0.25) is 5.91 Å². The number of nitrogens with one attached hydrogen (secondary N) is 2. The van der Waals surface area contributed by atoms with E-state index in [1.807, 2.05) is 13.2 Å². The normalized spacial score (nSPS) is 11.6. The van der Waals surface area contributed by atoms with Crippen LogP contribution >= 0.6 is 11.8 Å². The number of hydrogen-bond acceptors (Lipinski definition) is 4. The molecule has 0 radical (unpaired) electrons. The van der Waals surface area contributed by atoms with E-state index in [1.165, 1.54) is 23.7 Å². The molecule has 0 fully saturated rings. The van der Waals surface area contributed by atoms with Gasteiger partial charge in [-0.25, -0.2) is 9.59 Å². The van der Waals surface area contributed by atoms with E-state index < -0.39 is 18.0 Å². The number of carbonyl (C=O) groups excluding carboxylic acids is 2. The van der Waals surface area contributed by atoms with Crippen molar-refractivity contribution in [3.05, 3.63) is 0 Å². The van der Waals surface area contributed by atoms with Crippen LogP contribution in [-0.4, -0.2) is 66.1 Å². The van der Waals surface area contributed by atoms with E-state index >= 15 is 0 Å². The molecule has 0 aromatic heterocycles. The number of nitrogens with zero attached hydrogens (tertiary/aromatic N) is 1. The Hall–Kier alpha value is -1.44. The molecule has 0 saturated heterocycles. The Morgan fingerprint density at radius 1 is 1.35 bits per heavy atom. The number of likely N-dealkylation sites (N-methyl/N-ethyl adjacent to an activating group) is 1. The topological polar surface area (TPSA) is 98.7 Å². The van der Waals surface area contributed by atoms with E-state index in [2.05, 4.69) is 10.6 Å². The number of amides is 3. The average Bonchev–Trinajstić information content (AvgIpc) is 2.42. The van der Waals surface area contributed by atoms with Crippen molar-refractivity contribution in [3.8, 4) is 0 Å². The lowest BCUT2D eigenvalue weighted by atomic mass is 10.2. The van der Waals surface area contributed by atoms with Gasteiger partial charge in [0.05, 0.1) is 0 Å². The van der Waals surface area contributed by atoms with Gasteiger partial charge in [-0.3, -0.25) is 4.79 Å². The molecule has 116 valence electrons. The second kappa shape index (κ2) is 10.4. The number of rotatable bonds is 9. The predicted octanol–water partition coefficient (Wildman–Crippen LogP) is 0.360. The summed E-state index contributed by atoms with van der Waals surface area (Å²) >= 11 is 1.52. The van der Waals surface area contributed by atoms with Gasteiger partial charge in [0.1, 0.15) is 12.6 Å². The highest BCUT2D eigenvalue weighted by atomic mass is 32.2. The zero-order valence-electron chi connectivity index (χ0n) is 12.1. The largest absolute Gasteiger partial charge is 0.480 e. The van der Waals surface area contributed by atoms with E-state index in [9.17, 15) is 14.4 Å². The summed E-state index contributed by atoms with van der Waals surface area (Å²) in [4.78, 5) is 35.8. The van der Waals surface area contributed by atoms with Crippen molar-refractivity contribution in [2.75, 3.05) is 32.1 Å². The molecule has 3 amide bonds. The van der Waals surface area contributed by atoms with Gasteiger partial charge in [-0.15, -0.1) is 0 Å². The van der Waals surface area contributed by atoms with E-state index in [0.29, 0.717) is 25.1 Å². The van der Waals surface area contributed by atoms with Crippen LogP contribution in [0.5, 0.6) is 0 Å². The summed E-state index contributed by atoms with van der Waals surface area (Å²) in [6, 6.07) is -1.46. The number of carbonyl (C=O) groups is 3. The van der Waals surface area contributed by atoms with Crippen molar-refractivity contribution in [3.63, 3.8) is 0 Å². The highest BCUT2D eigenvalue weighted by Gasteiger charge is 2.23. The van der Waals surface area contributed by atoms with Gasteiger partial charge in [0.15, 0.2) is 0 Å². The molecule has 0 bridgehead atoms. The summed E-state index contributed by atoms with van der Waals surface area (Å²) in [6.07, 6.45) is 2.91. The smallest absolute Gasteiger partial charge is 0.326 e. The third-order valence-electron chi connectivity index (χ3n) is 2.60. The minimum Gasteiger partial charge on any atom is -0.480 e. The fourth-order valence-electron chi connectivity index (χ4n) is 1.51. The molecule has 3 N–H and O–H groups in total. The van der Waals surface area contributed by atoms with Crippen LogP contribution in [0.3, 0.4) is 0 Å². The first-order chi connectivity index (χ1) is 9.46. The Balaban J connectivity index is 4.61. The van der Waals surface area contributed by atoms with E-state index in [0.717, 1.165) is 0 Å². The molecule has 0 aliphatic carbocycles. The second-order valence-corrected chi connectivity index (χ2v) is 5.20. The maximum Gasteiger partial charge on any atom is 0.326 e. The van der Waals surface area contributed by atoms with E-state index in [4.69, 9.17) is 5.11 Å². The lowest BCUT2D eigenvalue weighted by Crippen LogP contribution is -2.50. The Labute approximate surface area is 123 Å². The highest BCUT2D eigenvalue weighted by molar-refractivity contribution is 7.98. The zero-order chi connectivity index (χ0) is 15.5. The molecular weight excluding hydrogens is 282 g/mol. The molecule has 0 aromatic carbocycles. The van der Waals surface area contributed by atoms with Crippen molar-refractivity contribution < 1.29 is 19.5 Å². The van der Waals surface area contributed by atoms with Crippen LogP contribution in [0.1, 0.15) is 19.8 Å². The van der Waals surface area contributed by atoms with Crippen molar-refractivity contribution >= 4 is 29.7 Å². The number of carboxylic acid groups (broad SMARTS) is 1. The van der Waals surface area contributed by atoms with E-state index in [1.54, 1.807) is 0 Å². The molecular formula is C12H23N3O4S. The molecule has 0 aromatic rings. The Bertz CT molecular complexity index is 339. The summed E-state index contributed by atoms with van der Waals surface area (Å²) < 4.78 is 0. The summed E-state index contributed by atoms with van der Waals surface area (Å²) in [5, 5.41) is 14.0. The third kappa shape index (κ3) is 7.22. The molecule has 0 heterocycles. The van der Waals surface area contributed by atoms with Gasteiger partial charge in [-0.2, -0.15) is 11.8 Å². The van der Waals surface area contributed by atoms with Crippen LogP contribution in [0.15, 0.2) is 0 Å². The highest BCUT2D eigenvalue weighted by Crippen LogP contribution is 2.02. The lowest BCUT2D eigenvalue weighted by molar-refractivity contribution is -0.139. The van der Waals surface area contributed by atoms with Crippen LogP contribution < -0.4 is 10.6 Å². The fraction of sp³-hybridized carbons (Fsp3) is 0.750. The molecule has 7 nitrogen and oxygen atoms in total. The minimum atomic E-state index is -1.07. The van der Waals surface area contributed by atoms with Gasteiger partial charge in [-0.1, -0.05) is 6.92 Å². The van der Waals surface area contributed by atoms with Crippen molar-refractivity contribution in [1.29, 1.82) is 0 Å². The lowest BCUT2D eigenvalue weighted by Gasteiger charge is -2.24. The van der Waals surface area contributed by atoms with Gasteiger partial charge in [0.25, 0.3) is 0 Å². The molecule has 1 atom stereocenters. The maximum atomic E-state index is 12.0. The summed E-state index contributed by atoms with van der Waals surface area (Å²) in [5.74, 6) is -0.714. The SMILES string of the molecule is CCCN(CC(=O)NC)C(=O)N[C@H](CCSC)C(=O)O. The van der Waals surface area contributed by atoms with Gasteiger partial charge >= 0.3 is 12.0 Å². The number of urea groups is 1. The van der Waals surface area contributed by atoms with Crippen molar-refractivity contribution in [1.82, 2.24) is 15.5 Å². The molecule has 0 aliphatic heterocycles. The molecule has 0 rings (SSSR count). The monoisotopic (exact) mass is 305 g/mol. The number of carboxylic acids is 1. The van der Waals surface area contributed by atoms with Crippen LogP contribution in [-0.2, 0) is 9.59 Å². The predicted molar refractivity (Wildman–Crippen MR) is 78.9 cm³/mol. The first-order valence-corrected chi connectivity index (χ1v) is 7.83. The minimum absolute atomic E-state index is 0.0783. The third-order valence-corrected chi connectivity index (χ3v) is 3.24. The number of hydrogen-bond donors (Lipinski definition) is 3. The quantitative estimate of drug-likeness (QED) is 0.571. The van der Waals surface area contributed by atoms with Crippen LogP contribution in [0.4, 0.5) is 4.79 Å². The number of aliphatic carboxylic acids is 1. The maximum absolute atomic E-state index is 12.0. The summed E-state index contributed by atoms with van der Waals surface area (Å²) in [5.41, 5.74) is 0. The zero-order valence-corrected chi connectivity index (χ0v) is 13.0. The van der Waals surface area contributed by atoms with Crippen LogP contribution in [0.2, 0.25) is 0 Å². The summed E-state index contributed by atoms with van der Waals surface area (Å²) in [7, 11) is 1.49. The van der Waals surface area contributed by atoms with Gasteiger partial charge in [0, 0.05) is 13.6 Å². The first-order valence-electron chi connectivity index (χ1n) is 6.44. The van der Waals surface area contributed by atoms with Crippen molar-refractivity contribution in [2.24, 2.45) is 0 Å². The van der Waals surface area contributed by atoms with Crippen molar-refractivity contribution in [2.45, 2.75) is 25.8 Å². The molecule has 0 unspecified atom stereocenters. The first kappa shape index (κ1) is 18.6. The Morgan fingerprint density at radius 3 is 2.45 bits per heavy atom. The van der Waals surface area contributed by atoms with Gasteiger partial charge < -0.3 is 20.6 Å². The Kier molecular flexibility index (Phi) is 9.61. The molecule has 8 heteroatoms. The fourth-order valence-corrected chi connectivity index (χ4v) is 1.98. The molecule has 20 heavy (non-hydrogen) atoms. The summed E-state index contributed by atoms with van der Waals surface area (Å²) in [6.45, 7) is 2.20. The second-order valence-electron chi connectivity index (χ2n) is 4.22. The van der Waals surface area contributed by atoms with E-state index in [-0.39, 0.29) is 12.5 Å². The standard InChI is InChI=1S/C12H23N3O4S/c1-4-6-15(8-10(16)13-2)12(19)14-9(11(17)18)5-7-20-3/h9H,4-8H2,1-3H3,(H,13,16)(H,14,19)(H,17,18)/t9-/m1/s1. The van der Waals surface area contributed by atoms with Crippen LogP contribution in [0, 0.1) is 0 Å². The average molecular weight is 305 g/mol. The van der Waals surface area contributed by atoms with Gasteiger partial charge in [-0.05, 0) is 24.9 Å². The molecule has 0 saturated carbocycles.